The summed E-state index contributed by atoms with van der Waals surface area (Å²) in [6, 6.07) is 7.85. The van der Waals surface area contributed by atoms with Gasteiger partial charge in [-0.15, -0.1) is 4.98 Å². The van der Waals surface area contributed by atoms with E-state index in [0.717, 1.165) is 5.56 Å². The molecule has 0 atom stereocenters. The maximum absolute atomic E-state index is 5.64. The van der Waals surface area contributed by atoms with Gasteiger partial charge in [0.1, 0.15) is 5.75 Å². The maximum Gasteiger partial charge on any atom is 0.330 e. The third kappa shape index (κ3) is 3.55. The van der Waals surface area contributed by atoms with Crippen LogP contribution in [0, 0.1) is 6.92 Å². The highest BCUT2D eigenvalue weighted by atomic mass is 16.5. The monoisotopic (exact) mass is 275 g/mol. The van der Waals surface area contributed by atoms with E-state index in [9.17, 15) is 0 Å². The highest BCUT2D eigenvalue weighted by Crippen LogP contribution is 2.23. The van der Waals surface area contributed by atoms with Crippen LogP contribution in [0.25, 0.3) is 0 Å². The Bertz CT molecular complexity index is 589. The number of aromatic nitrogens is 3. The van der Waals surface area contributed by atoms with Crippen LogP contribution in [0.4, 0.5) is 5.95 Å². The second kappa shape index (κ2) is 6.16. The zero-order chi connectivity index (χ0) is 14.5. The Hall–Kier alpha value is -2.41. The van der Waals surface area contributed by atoms with Gasteiger partial charge < -0.3 is 9.47 Å². The average Bonchev–Trinajstić information content (AvgIpc) is 2.40. The number of anilines is 1. The highest BCUT2D eigenvalue weighted by Gasteiger charge is 2.11. The number of nitrogens with two attached hydrogens (primary N) is 1. The van der Waals surface area contributed by atoms with Crippen molar-refractivity contribution >= 4 is 5.95 Å². The minimum Gasteiger partial charge on any atom is -0.461 e. The van der Waals surface area contributed by atoms with Crippen LogP contribution in [0.5, 0.6) is 17.8 Å². The Labute approximate surface area is 117 Å². The number of nitrogens with one attached hydrogen (secondary N) is 1. The van der Waals surface area contributed by atoms with Crippen molar-refractivity contribution < 1.29 is 9.47 Å². The molecule has 1 heterocycles. The van der Waals surface area contributed by atoms with Crippen molar-refractivity contribution in [1.82, 2.24) is 15.0 Å². The number of nitrogen functional groups attached to an aromatic ring is 1. The van der Waals surface area contributed by atoms with Gasteiger partial charge in [0, 0.05) is 0 Å². The summed E-state index contributed by atoms with van der Waals surface area (Å²) in [5, 5.41) is 0. The first-order valence-corrected chi connectivity index (χ1v) is 6.21. The van der Waals surface area contributed by atoms with Crippen molar-refractivity contribution in [3.8, 4) is 17.8 Å². The summed E-state index contributed by atoms with van der Waals surface area (Å²) in [7, 11) is 0. The van der Waals surface area contributed by atoms with Gasteiger partial charge in [0.25, 0.3) is 0 Å². The third-order valence-electron chi connectivity index (χ3n) is 2.36. The van der Waals surface area contributed by atoms with Crippen LogP contribution < -0.4 is 20.7 Å². The Kier molecular flexibility index (Phi) is 4.31. The van der Waals surface area contributed by atoms with Gasteiger partial charge in [0.2, 0.25) is 5.95 Å². The predicted octanol–water partition coefficient (Wildman–Crippen LogP) is 2.05. The fourth-order valence-corrected chi connectivity index (χ4v) is 1.48. The molecule has 0 amide bonds. The molecule has 0 aliphatic heterocycles. The Morgan fingerprint density at radius 3 is 2.45 bits per heavy atom. The molecular formula is C13H17N5O2. The summed E-state index contributed by atoms with van der Waals surface area (Å²) >= 11 is 0. The van der Waals surface area contributed by atoms with Crippen LogP contribution in [0.1, 0.15) is 19.4 Å². The molecule has 0 unspecified atom stereocenters. The van der Waals surface area contributed by atoms with Gasteiger partial charge >= 0.3 is 12.0 Å². The summed E-state index contributed by atoms with van der Waals surface area (Å²) in [6.07, 6.45) is -0.0608. The molecule has 20 heavy (non-hydrogen) atoms. The standard InChI is InChI=1S/C13H17N5O2/c1-8(2)19-12-15-11(18-14)16-13(17-12)20-10-7-5-4-6-9(10)3/h4-8H,14H2,1-3H3,(H,15,16,17,18). The highest BCUT2D eigenvalue weighted by molar-refractivity contribution is 5.35. The number of hydrazine groups is 1. The molecule has 106 valence electrons. The molecule has 0 saturated heterocycles. The summed E-state index contributed by atoms with van der Waals surface area (Å²) < 4.78 is 11.1. The van der Waals surface area contributed by atoms with Crippen LogP contribution in [0.3, 0.4) is 0 Å². The third-order valence-corrected chi connectivity index (χ3v) is 2.36. The van der Waals surface area contributed by atoms with Crippen molar-refractivity contribution in [3.63, 3.8) is 0 Å². The number of ether oxygens (including phenoxy) is 2. The molecule has 1 aromatic carbocycles. The molecule has 3 N–H and O–H groups in total. The molecular weight excluding hydrogens is 258 g/mol. The maximum atomic E-state index is 5.64. The predicted molar refractivity (Wildman–Crippen MR) is 74.7 cm³/mol. The lowest BCUT2D eigenvalue weighted by Gasteiger charge is -2.11. The summed E-state index contributed by atoms with van der Waals surface area (Å²) in [6.45, 7) is 5.69. The zero-order valence-corrected chi connectivity index (χ0v) is 11.6. The van der Waals surface area contributed by atoms with Gasteiger partial charge in [-0.2, -0.15) is 9.97 Å². The van der Waals surface area contributed by atoms with Crippen molar-refractivity contribution in [3.05, 3.63) is 29.8 Å². The number of hydrogen-bond acceptors (Lipinski definition) is 7. The quantitative estimate of drug-likeness (QED) is 0.636. The first-order valence-electron chi connectivity index (χ1n) is 6.21. The van der Waals surface area contributed by atoms with Gasteiger partial charge in [0.05, 0.1) is 6.10 Å². The van der Waals surface area contributed by atoms with E-state index >= 15 is 0 Å². The molecule has 7 nitrogen and oxygen atoms in total. The van der Waals surface area contributed by atoms with Gasteiger partial charge in [0.15, 0.2) is 0 Å². The first kappa shape index (κ1) is 14.0. The number of para-hydroxylation sites is 1. The van der Waals surface area contributed by atoms with Crippen molar-refractivity contribution in [2.75, 3.05) is 5.43 Å². The SMILES string of the molecule is Cc1ccccc1Oc1nc(NN)nc(OC(C)C)n1. The summed E-state index contributed by atoms with van der Waals surface area (Å²) in [4.78, 5) is 12.1. The first-order chi connectivity index (χ1) is 9.58. The molecule has 1 aromatic heterocycles. The number of nitrogens with zero attached hydrogens (tertiary/aromatic N) is 3. The second-order valence-corrected chi connectivity index (χ2v) is 4.40. The Morgan fingerprint density at radius 2 is 1.80 bits per heavy atom. The molecule has 7 heteroatoms. The normalized spacial score (nSPS) is 10.4. The molecule has 0 aliphatic rings. The number of aryl methyl sites for hydroxylation is 1. The number of hydrogen-bond donors (Lipinski definition) is 2. The van der Waals surface area contributed by atoms with Crippen LogP contribution in [-0.4, -0.2) is 21.1 Å². The fraction of sp³-hybridized carbons (Fsp3) is 0.308. The molecule has 0 bridgehead atoms. The van der Waals surface area contributed by atoms with Gasteiger partial charge in [-0.05, 0) is 32.4 Å². The van der Waals surface area contributed by atoms with Gasteiger partial charge in [-0.1, -0.05) is 18.2 Å². The second-order valence-electron chi connectivity index (χ2n) is 4.40. The average molecular weight is 275 g/mol. The van der Waals surface area contributed by atoms with Crippen LogP contribution in [-0.2, 0) is 0 Å². The van der Waals surface area contributed by atoms with E-state index in [-0.39, 0.29) is 24.1 Å². The molecule has 2 rings (SSSR count). The van der Waals surface area contributed by atoms with Gasteiger partial charge in [-0.25, -0.2) is 5.84 Å². The van der Waals surface area contributed by atoms with E-state index in [1.165, 1.54) is 0 Å². The molecule has 0 aliphatic carbocycles. The van der Waals surface area contributed by atoms with E-state index in [0.29, 0.717) is 5.75 Å². The number of rotatable bonds is 5. The van der Waals surface area contributed by atoms with E-state index in [2.05, 4.69) is 20.4 Å². The zero-order valence-electron chi connectivity index (χ0n) is 11.6. The lowest BCUT2D eigenvalue weighted by molar-refractivity contribution is 0.218. The van der Waals surface area contributed by atoms with E-state index in [4.69, 9.17) is 15.3 Å². The molecule has 0 radical (unpaired) electrons. The van der Waals surface area contributed by atoms with Crippen molar-refractivity contribution in [2.45, 2.75) is 26.9 Å². The smallest absolute Gasteiger partial charge is 0.330 e. The number of benzene rings is 1. The minimum absolute atomic E-state index is 0.0608. The molecule has 0 saturated carbocycles. The summed E-state index contributed by atoms with van der Waals surface area (Å²) in [5.41, 5.74) is 3.33. The van der Waals surface area contributed by atoms with E-state index in [1.54, 1.807) is 0 Å². The molecule has 0 spiro atoms. The topological polar surface area (TPSA) is 95.2 Å². The van der Waals surface area contributed by atoms with Crippen molar-refractivity contribution in [1.29, 1.82) is 0 Å². The molecule has 0 fully saturated rings. The van der Waals surface area contributed by atoms with Crippen molar-refractivity contribution in [2.24, 2.45) is 5.84 Å². The fourth-order valence-electron chi connectivity index (χ4n) is 1.48. The Morgan fingerprint density at radius 1 is 1.10 bits per heavy atom. The summed E-state index contributed by atoms with van der Waals surface area (Å²) in [5.74, 6) is 6.17. The van der Waals surface area contributed by atoms with Crippen LogP contribution >= 0.6 is 0 Å². The lowest BCUT2D eigenvalue weighted by atomic mass is 10.2. The van der Waals surface area contributed by atoms with E-state index < -0.39 is 0 Å². The molecule has 2 aromatic rings. The lowest BCUT2D eigenvalue weighted by Crippen LogP contribution is -2.15. The Balaban J connectivity index is 2.29. The largest absolute Gasteiger partial charge is 0.461 e. The van der Waals surface area contributed by atoms with E-state index in [1.807, 2.05) is 45.0 Å². The van der Waals surface area contributed by atoms with Gasteiger partial charge in [-0.3, -0.25) is 5.43 Å². The minimum atomic E-state index is -0.0608. The van der Waals surface area contributed by atoms with Crippen LogP contribution in [0.15, 0.2) is 24.3 Å². The van der Waals surface area contributed by atoms with Crippen LogP contribution in [0.2, 0.25) is 0 Å².